The van der Waals surface area contributed by atoms with Crippen LogP contribution in [-0.2, 0) is 6.61 Å². The van der Waals surface area contributed by atoms with Crippen molar-refractivity contribution in [1.29, 1.82) is 0 Å². The Morgan fingerprint density at radius 3 is 2.32 bits per heavy atom. The van der Waals surface area contributed by atoms with Gasteiger partial charge in [0.1, 0.15) is 12.4 Å². The van der Waals surface area contributed by atoms with Crippen LogP contribution >= 0.6 is 23.2 Å². The molecule has 0 saturated carbocycles. The summed E-state index contributed by atoms with van der Waals surface area (Å²) >= 11 is 12.1. The monoisotopic (exact) mass is 455 g/mol. The Morgan fingerprint density at radius 1 is 0.968 bits per heavy atom. The number of halogens is 2. The zero-order valence-corrected chi connectivity index (χ0v) is 19.5. The van der Waals surface area contributed by atoms with Gasteiger partial charge in [0.25, 0.3) is 5.91 Å². The summed E-state index contributed by atoms with van der Waals surface area (Å²) in [7, 11) is 0. The van der Waals surface area contributed by atoms with Crippen LogP contribution in [-0.4, -0.2) is 5.91 Å². The van der Waals surface area contributed by atoms with Gasteiger partial charge in [0.2, 0.25) is 0 Å². The lowest BCUT2D eigenvalue weighted by molar-refractivity contribution is 0.0935. The molecule has 0 spiro atoms. The third-order valence-electron chi connectivity index (χ3n) is 5.20. The van der Waals surface area contributed by atoms with E-state index in [2.05, 4.69) is 50.4 Å². The second-order valence-corrected chi connectivity index (χ2v) is 8.66. The molecule has 1 amide bonds. The van der Waals surface area contributed by atoms with Gasteiger partial charge in [0, 0.05) is 10.6 Å². The first-order valence-electron chi connectivity index (χ1n) is 10.4. The van der Waals surface area contributed by atoms with Gasteiger partial charge in [-0.3, -0.25) is 4.79 Å². The molecule has 1 N–H and O–H groups in total. The highest BCUT2D eigenvalue weighted by Gasteiger charge is 2.15. The molecular formula is C26H27Cl2NO2. The van der Waals surface area contributed by atoms with Gasteiger partial charge in [-0.05, 0) is 59.4 Å². The first-order chi connectivity index (χ1) is 14.9. The van der Waals surface area contributed by atoms with Crippen LogP contribution in [0.4, 0.5) is 0 Å². The summed E-state index contributed by atoms with van der Waals surface area (Å²) in [6, 6.07) is 21.0. The van der Waals surface area contributed by atoms with Crippen molar-refractivity contribution in [2.45, 2.75) is 45.8 Å². The zero-order chi connectivity index (χ0) is 22.4. The average Bonchev–Trinajstić information content (AvgIpc) is 2.77. The molecule has 0 aliphatic heterocycles. The summed E-state index contributed by atoms with van der Waals surface area (Å²) in [6.07, 6.45) is 0.810. The number of amides is 1. The van der Waals surface area contributed by atoms with E-state index in [1.54, 1.807) is 18.2 Å². The van der Waals surface area contributed by atoms with Crippen molar-refractivity contribution in [1.82, 2.24) is 5.32 Å². The van der Waals surface area contributed by atoms with Crippen LogP contribution in [0.25, 0.3) is 0 Å². The molecule has 1 atom stereocenters. The summed E-state index contributed by atoms with van der Waals surface area (Å²) in [5, 5.41) is 4.16. The second-order valence-electron chi connectivity index (χ2n) is 7.82. The highest BCUT2D eigenvalue weighted by Crippen LogP contribution is 2.28. The Labute approximate surface area is 194 Å². The lowest BCUT2D eigenvalue weighted by Gasteiger charge is -2.19. The molecule has 0 aromatic heterocycles. The first-order valence-corrected chi connectivity index (χ1v) is 11.2. The number of benzene rings is 3. The van der Waals surface area contributed by atoms with Gasteiger partial charge in [-0.2, -0.15) is 0 Å². The van der Waals surface area contributed by atoms with Crippen LogP contribution in [0.1, 0.15) is 66.2 Å². The molecule has 5 heteroatoms. The minimum atomic E-state index is -0.105. The minimum Gasteiger partial charge on any atom is -0.487 e. The molecule has 0 fully saturated rings. The standard InChI is InChI=1S/C26H27Cl2NO2/c1-4-24(20-10-8-19(9-11-20)17(2)3)29-26(30)21-7-5-6-18(14-21)16-31-25-13-12-22(27)15-23(25)28/h5-15,17,24H,4,16H2,1-3H3,(H,29,30). The van der Waals surface area contributed by atoms with Crippen LogP contribution in [0.3, 0.4) is 0 Å². The zero-order valence-electron chi connectivity index (χ0n) is 18.0. The Hall–Kier alpha value is -2.49. The molecule has 0 heterocycles. The Balaban J connectivity index is 1.67. The average molecular weight is 456 g/mol. The quantitative estimate of drug-likeness (QED) is 0.380. The van der Waals surface area contributed by atoms with E-state index in [1.807, 2.05) is 24.3 Å². The summed E-state index contributed by atoms with van der Waals surface area (Å²) in [5.41, 5.74) is 3.88. The predicted molar refractivity (Wildman–Crippen MR) is 128 cm³/mol. The normalized spacial score (nSPS) is 11.9. The maximum Gasteiger partial charge on any atom is 0.251 e. The van der Waals surface area contributed by atoms with Crippen molar-refractivity contribution in [3.63, 3.8) is 0 Å². The van der Waals surface area contributed by atoms with Gasteiger partial charge in [0.15, 0.2) is 0 Å². The van der Waals surface area contributed by atoms with E-state index in [9.17, 15) is 4.79 Å². The van der Waals surface area contributed by atoms with Crippen molar-refractivity contribution < 1.29 is 9.53 Å². The van der Waals surface area contributed by atoms with Crippen molar-refractivity contribution in [2.75, 3.05) is 0 Å². The fourth-order valence-electron chi connectivity index (χ4n) is 3.33. The molecule has 1 unspecified atom stereocenters. The van der Waals surface area contributed by atoms with E-state index in [4.69, 9.17) is 27.9 Å². The second kappa shape index (κ2) is 10.7. The smallest absolute Gasteiger partial charge is 0.251 e. The van der Waals surface area contributed by atoms with Crippen molar-refractivity contribution in [3.05, 3.63) is 99.0 Å². The highest BCUT2D eigenvalue weighted by atomic mass is 35.5. The largest absolute Gasteiger partial charge is 0.487 e. The van der Waals surface area contributed by atoms with Gasteiger partial charge in [-0.1, -0.05) is 80.4 Å². The fourth-order valence-corrected chi connectivity index (χ4v) is 3.79. The van der Waals surface area contributed by atoms with E-state index in [0.717, 1.165) is 17.5 Å². The molecule has 0 bridgehead atoms. The van der Waals surface area contributed by atoms with Crippen LogP contribution in [0, 0.1) is 0 Å². The topological polar surface area (TPSA) is 38.3 Å². The molecule has 162 valence electrons. The molecule has 0 saturated heterocycles. The van der Waals surface area contributed by atoms with Crippen LogP contribution in [0.2, 0.25) is 10.0 Å². The first kappa shape index (κ1) is 23.2. The molecule has 3 aromatic carbocycles. The minimum absolute atomic E-state index is 0.0403. The Bertz CT molecular complexity index is 1030. The third-order valence-corrected chi connectivity index (χ3v) is 5.73. The predicted octanol–water partition coefficient (Wildman–Crippen LogP) is 7.58. The lowest BCUT2D eigenvalue weighted by atomic mass is 9.98. The van der Waals surface area contributed by atoms with Crippen LogP contribution in [0.5, 0.6) is 5.75 Å². The molecule has 0 aliphatic carbocycles. The van der Waals surface area contributed by atoms with Crippen molar-refractivity contribution in [3.8, 4) is 5.75 Å². The van der Waals surface area contributed by atoms with Crippen molar-refractivity contribution >= 4 is 29.1 Å². The van der Waals surface area contributed by atoms with Crippen LogP contribution < -0.4 is 10.1 Å². The summed E-state index contributed by atoms with van der Waals surface area (Å²) < 4.78 is 5.79. The third kappa shape index (κ3) is 6.25. The van der Waals surface area contributed by atoms with E-state index >= 15 is 0 Å². The molecular weight excluding hydrogens is 429 g/mol. The SMILES string of the molecule is CCC(NC(=O)c1cccc(COc2ccc(Cl)cc2Cl)c1)c1ccc(C(C)C)cc1. The molecule has 3 rings (SSSR count). The molecule has 0 aliphatic rings. The maximum absolute atomic E-state index is 12.9. The summed E-state index contributed by atoms with van der Waals surface area (Å²) in [4.78, 5) is 12.9. The summed E-state index contributed by atoms with van der Waals surface area (Å²) in [5.74, 6) is 0.930. The Morgan fingerprint density at radius 2 is 1.68 bits per heavy atom. The molecule has 31 heavy (non-hydrogen) atoms. The highest BCUT2D eigenvalue weighted by molar-refractivity contribution is 6.35. The number of hydrogen-bond acceptors (Lipinski definition) is 2. The molecule has 3 nitrogen and oxygen atoms in total. The number of rotatable bonds is 8. The van der Waals surface area contributed by atoms with Crippen LogP contribution in [0.15, 0.2) is 66.7 Å². The number of carbonyl (C=O) groups is 1. The molecule has 3 aromatic rings. The number of ether oxygens (including phenoxy) is 1. The van der Waals surface area contributed by atoms with Gasteiger partial charge in [-0.15, -0.1) is 0 Å². The van der Waals surface area contributed by atoms with Gasteiger partial charge < -0.3 is 10.1 Å². The number of hydrogen-bond donors (Lipinski definition) is 1. The van der Waals surface area contributed by atoms with E-state index in [0.29, 0.717) is 33.9 Å². The van der Waals surface area contributed by atoms with Gasteiger partial charge in [0.05, 0.1) is 11.1 Å². The number of nitrogens with one attached hydrogen (secondary N) is 1. The summed E-state index contributed by atoms with van der Waals surface area (Å²) in [6.45, 7) is 6.72. The van der Waals surface area contributed by atoms with E-state index < -0.39 is 0 Å². The van der Waals surface area contributed by atoms with E-state index in [1.165, 1.54) is 5.56 Å². The maximum atomic E-state index is 12.9. The van der Waals surface area contributed by atoms with Gasteiger partial charge in [-0.25, -0.2) is 0 Å². The number of carbonyl (C=O) groups excluding carboxylic acids is 1. The molecule has 0 radical (unpaired) electrons. The van der Waals surface area contributed by atoms with E-state index in [-0.39, 0.29) is 11.9 Å². The van der Waals surface area contributed by atoms with Crippen molar-refractivity contribution in [2.24, 2.45) is 0 Å². The lowest BCUT2D eigenvalue weighted by Crippen LogP contribution is -2.28. The fraction of sp³-hybridized carbons (Fsp3) is 0.269. The van der Waals surface area contributed by atoms with Gasteiger partial charge >= 0.3 is 0 Å². The Kier molecular flexibility index (Phi) is 8.00.